The van der Waals surface area contributed by atoms with Crippen LogP contribution in [-0.2, 0) is 13.6 Å². The van der Waals surface area contributed by atoms with Gasteiger partial charge in [0, 0.05) is 51.1 Å². The topological polar surface area (TPSA) is 83.8 Å². The van der Waals surface area contributed by atoms with E-state index in [-0.39, 0.29) is 29.9 Å². The average molecular weight is 542 g/mol. The van der Waals surface area contributed by atoms with E-state index in [0.717, 1.165) is 23.9 Å². The number of carbonyl (C=O) groups excluding carboxylic acids is 1. The lowest BCUT2D eigenvalue weighted by Gasteiger charge is -2.22. The molecule has 0 bridgehead atoms. The predicted octanol–water partition coefficient (Wildman–Crippen LogP) is 3.00. The number of methoxy groups -OCH3 is 1. The van der Waals surface area contributed by atoms with E-state index in [0.29, 0.717) is 31.1 Å². The van der Waals surface area contributed by atoms with E-state index < -0.39 is 0 Å². The highest BCUT2D eigenvalue weighted by Gasteiger charge is 2.15. The molecule has 0 radical (unpaired) electrons. The number of benzene rings is 1. The Morgan fingerprint density at radius 1 is 1.26 bits per heavy atom. The Hall–Kier alpha value is -2.30. The molecule has 1 aromatic carbocycles. The first-order chi connectivity index (χ1) is 14.3. The summed E-state index contributed by atoms with van der Waals surface area (Å²) >= 11 is 0. The van der Waals surface area contributed by atoms with E-state index in [1.165, 1.54) is 5.56 Å². The molecule has 1 amide bonds. The zero-order chi connectivity index (χ0) is 22.1. The Balaban J connectivity index is 0.00000480. The molecule has 1 aromatic heterocycles. The van der Waals surface area contributed by atoms with Gasteiger partial charge in [-0.15, -0.1) is 24.0 Å². The van der Waals surface area contributed by atoms with Crippen molar-refractivity contribution in [3.05, 3.63) is 47.3 Å². The van der Waals surface area contributed by atoms with E-state index >= 15 is 0 Å². The number of nitrogens with zero attached hydrogens (tertiary/aromatic N) is 4. The average Bonchev–Trinajstić information content (AvgIpc) is 3.10. The number of ether oxygens (including phenoxy) is 1. The third-order valence-corrected chi connectivity index (χ3v) is 4.60. The molecule has 172 valence electrons. The molecule has 9 heteroatoms. The monoisotopic (exact) mass is 542 g/mol. The maximum Gasteiger partial charge on any atom is 0.251 e. The van der Waals surface area contributed by atoms with Gasteiger partial charge in [-0.1, -0.05) is 13.8 Å². The largest absolute Gasteiger partial charge is 0.497 e. The second-order valence-electron chi connectivity index (χ2n) is 7.44. The Morgan fingerprint density at radius 3 is 2.52 bits per heavy atom. The van der Waals surface area contributed by atoms with Gasteiger partial charge in [0.15, 0.2) is 5.96 Å². The summed E-state index contributed by atoms with van der Waals surface area (Å²) in [4.78, 5) is 19.0. The Bertz CT molecular complexity index is 848. The number of hydrogen-bond acceptors (Lipinski definition) is 4. The molecule has 0 aliphatic heterocycles. The van der Waals surface area contributed by atoms with E-state index in [4.69, 9.17) is 4.74 Å². The summed E-state index contributed by atoms with van der Waals surface area (Å²) in [5.41, 5.74) is 2.89. The molecule has 31 heavy (non-hydrogen) atoms. The van der Waals surface area contributed by atoms with E-state index in [1.807, 2.05) is 25.7 Å². The highest BCUT2D eigenvalue weighted by atomic mass is 127. The van der Waals surface area contributed by atoms with Crippen LogP contribution in [-0.4, -0.2) is 60.3 Å². The molecule has 0 aliphatic rings. The molecule has 0 unspecified atom stereocenters. The summed E-state index contributed by atoms with van der Waals surface area (Å²) < 4.78 is 6.98. The van der Waals surface area contributed by atoms with Gasteiger partial charge in [0.25, 0.3) is 5.91 Å². The Kier molecular flexibility index (Phi) is 11.4. The van der Waals surface area contributed by atoms with Gasteiger partial charge in [-0.05, 0) is 37.1 Å². The summed E-state index contributed by atoms with van der Waals surface area (Å²) in [5.74, 6) is 1.77. The molecule has 1 heterocycles. The van der Waals surface area contributed by atoms with Crippen molar-refractivity contribution in [3.8, 4) is 5.75 Å². The molecule has 8 nitrogen and oxygen atoms in total. The first-order valence-corrected chi connectivity index (χ1v) is 10.3. The molecule has 0 aliphatic carbocycles. The molecule has 2 aromatic rings. The minimum Gasteiger partial charge on any atom is -0.497 e. The fraction of sp³-hybridized carbons (Fsp3) is 0.500. The second kappa shape index (κ2) is 13.2. The number of hydrogen-bond donors (Lipinski definition) is 2. The van der Waals surface area contributed by atoms with Crippen LogP contribution in [0.2, 0.25) is 0 Å². The maximum atomic E-state index is 12.3. The molecule has 2 N–H and O–H groups in total. The molecular formula is C22H35IN6O2. The molecule has 0 spiro atoms. The van der Waals surface area contributed by atoms with Crippen molar-refractivity contribution in [2.45, 2.75) is 33.2 Å². The number of amides is 1. The Morgan fingerprint density at radius 2 is 1.94 bits per heavy atom. The highest BCUT2D eigenvalue weighted by molar-refractivity contribution is 14.0. The Labute approximate surface area is 202 Å². The van der Waals surface area contributed by atoms with Crippen LogP contribution in [0.1, 0.15) is 48.3 Å². The zero-order valence-corrected chi connectivity index (χ0v) is 21.6. The summed E-state index contributed by atoms with van der Waals surface area (Å²) in [5, 5.41) is 10.8. The van der Waals surface area contributed by atoms with Crippen LogP contribution < -0.4 is 15.4 Å². The van der Waals surface area contributed by atoms with Crippen LogP contribution in [0.3, 0.4) is 0 Å². The lowest BCUT2D eigenvalue weighted by Crippen LogP contribution is -2.39. The summed E-state index contributed by atoms with van der Waals surface area (Å²) in [6.45, 7) is 8.76. The highest BCUT2D eigenvalue weighted by Crippen LogP contribution is 2.18. The van der Waals surface area contributed by atoms with E-state index in [2.05, 4.69) is 45.7 Å². The van der Waals surface area contributed by atoms with Crippen molar-refractivity contribution < 1.29 is 9.53 Å². The molecule has 0 saturated heterocycles. The minimum absolute atomic E-state index is 0. The maximum absolute atomic E-state index is 12.3. The molecule has 0 atom stereocenters. The van der Waals surface area contributed by atoms with Gasteiger partial charge >= 0.3 is 0 Å². The molecule has 0 saturated carbocycles. The second-order valence-corrected chi connectivity index (χ2v) is 7.44. The van der Waals surface area contributed by atoms with Gasteiger partial charge in [-0.2, -0.15) is 5.10 Å². The van der Waals surface area contributed by atoms with Gasteiger partial charge in [0.2, 0.25) is 0 Å². The summed E-state index contributed by atoms with van der Waals surface area (Å²) in [6, 6.07) is 7.04. The van der Waals surface area contributed by atoms with Gasteiger partial charge < -0.3 is 20.3 Å². The van der Waals surface area contributed by atoms with Gasteiger partial charge in [0.1, 0.15) is 5.75 Å². The normalized spacial score (nSPS) is 11.1. The van der Waals surface area contributed by atoms with Crippen molar-refractivity contribution in [1.82, 2.24) is 25.3 Å². The minimum atomic E-state index is -0.122. The fourth-order valence-electron chi connectivity index (χ4n) is 3.14. The number of rotatable bonds is 9. The van der Waals surface area contributed by atoms with Crippen LogP contribution in [0.4, 0.5) is 0 Å². The standard InChI is InChI=1S/C22H34N6O2.HI/c1-7-23-22(27(4)14-18-15-28(5)26-20(18)16(2)3)25-13-12-24-21(29)17-8-10-19(30-6)11-9-17;/h8-11,15-16H,7,12-14H2,1-6H3,(H,23,25)(H,24,29);1H. The van der Waals surface area contributed by atoms with Crippen LogP contribution >= 0.6 is 24.0 Å². The van der Waals surface area contributed by atoms with Gasteiger partial charge in [-0.3, -0.25) is 14.5 Å². The predicted molar refractivity (Wildman–Crippen MR) is 135 cm³/mol. The smallest absolute Gasteiger partial charge is 0.251 e. The third-order valence-electron chi connectivity index (χ3n) is 4.60. The number of aliphatic imine (C=N–C) groups is 1. The fourth-order valence-corrected chi connectivity index (χ4v) is 3.14. The van der Waals surface area contributed by atoms with Crippen molar-refractivity contribution in [3.63, 3.8) is 0 Å². The quantitative estimate of drug-likeness (QED) is 0.220. The number of guanidine groups is 1. The van der Waals surface area contributed by atoms with Crippen LogP contribution in [0.15, 0.2) is 35.5 Å². The van der Waals surface area contributed by atoms with Crippen molar-refractivity contribution in [1.29, 1.82) is 0 Å². The van der Waals surface area contributed by atoms with Crippen LogP contribution in [0.25, 0.3) is 0 Å². The summed E-state index contributed by atoms with van der Waals surface area (Å²) in [7, 11) is 5.55. The molecular weight excluding hydrogens is 507 g/mol. The first-order valence-electron chi connectivity index (χ1n) is 10.3. The number of nitrogens with one attached hydrogen (secondary N) is 2. The SMILES string of the molecule is CCNC(=NCCNC(=O)c1ccc(OC)cc1)N(C)Cc1cn(C)nc1C(C)C.I. The summed E-state index contributed by atoms with van der Waals surface area (Å²) in [6.07, 6.45) is 2.06. The first kappa shape index (κ1) is 26.7. The van der Waals surface area contributed by atoms with Crippen molar-refractivity contribution in [2.24, 2.45) is 12.0 Å². The molecule has 2 rings (SSSR count). The number of aryl methyl sites for hydroxylation is 1. The van der Waals surface area contributed by atoms with Crippen molar-refractivity contribution in [2.75, 3.05) is 33.8 Å². The van der Waals surface area contributed by atoms with Gasteiger partial charge in [-0.25, -0.2) is 0 Å². The number of carbonyl (C=O) groups is 1. The van der Waals surface area contributed by atoms with Crippen molar-refractivity contribution >= 4 is 35.8 Å². The van der Waals surface area contributed by atoms with Crippen LogP contribution in [0, 0.1) is 0 Å². The van der Waals surface area contributed by atoms with E-state index in [1.54, 1.807) is 31.4 Å². The van der Waals surface area contributed by atoms with E-state index in [9.17, 15) is 4.79 Å². The third kappa shape index (κ3) is 8.04. The van der Waals surface area contributed by atoms with Gasteiger partial charge in [0.05, 0.1) is 19.3 Å². The lowest BCUT2D eigenvalue weighted by atomic mass is 10.1. The van der Waals surface area contributed by atoms with Crippen LogP contribution in [0.5, 0.6) is 5.75 Å². The number of halogens is 1. The molecule has 0 fully saturated rings. The lowest BCUT2D eigenvalue weighted by molar-refractivity contribution is 0.0954. The zero-order valence-electron chi connectivity index (χ0n) is 19.3. The number of aromatic nitrogens is 2.